The van der Waals surface area contributed by atoms with Crippen LogP contribution in [0.3, 0.4) is 0 Å². The van der Waals surface area contributed by atoms with Crippen LogP contribution in [0, 0.1) is 0 Å². The molecule has 0 aromatic rings. The first-order valence-electron chi connectivity index (χ1n) is 24.2. The molecule has 6 nitrogen and oxygen atoms in total. The normalized spacial score (nSPS) is 13.9. The van der Waals surface area contributed by atoms with Crippen molar-refractivity contribution < 1.29 is 24.5 Å². The van der Waals surface area contributed by atoms with Gasteiger partial charge in [0.05, 0.1) is 25.2 Å². The van der Waals surface area contributed by atoms with E-state index in [1.165, 1.54) is 103 Å². The highest BCUT2D eigenvalue weighted by Gasteiger charge is 2.23. The summed E-state index contributed by atoms with van der Waals surface area (Å²) in [5.41, 5.74) is 0. The third kappa shape index (κ3) is 40.1. The van der Waals surface area contributed by atoms with E-state index in [1.807, 2.05) is 6.08 Å². The van der Waals surface area contributed by atoms with E-state index < -0.39 is 18.2 Å². The molecule has 0 heterocycles. The highest BCUT2D eigenvalue weighted by atomic mass is 16.5. The number of rotatable bonds is 42. The topological polar surface area (TPSA) is 95.9 Å². The highest BCUT2D eigenvalue weighted by Crippen LogP contribution is 2.15. The van der Waals surface area contributed by atoms with Crippen molar-refractivity contribution in [1.29, 1.82) is 0 Å². The van der Waals surface area contributed by atoms with E-state index >= 15 is 0 Å². The number of hydrogen-bond donors (Lipinski definition) is 3. The Morgan fingerprint density at radius 2 is 0.897 bits per heavy atom. The second-order valence-electron chi connectivity index (χ2n) is 16.1. The van der Waals surface area contributed by atoms with Gasteiger partial charge in [-0.25, -0.2) is 0 Å². The van der Waals surface area contributed by atoms with E-state index in [4.69, 9.17) is 4.74 Å². The number of aliphatic hydroxyl groups excluding tert-OH is 2. The molecule has 0 aliphatic carbocycles. The van der Waals surface area contributed by atoms with Crippen molar-refractivity contribution in [3.8, 4) is 0 Å². The van der Waals surface area contributed by atoms with Crippen LogP contribution < -0.4 is 5.32 Å². The maximum atomic E-state index is 13.1. The number of carbonyl (C=O) groups excluding carboxylic acids is 2. The Kier molecular flexibility index (Phi) is 43.3. The maximum absolute atomic E-state index is 13.1. The zero-order chi connectivity index (χ0) is 42.4. The van der Waals surface area contributed by atoms with Gasteiger partial charge in [0.2, 0.25) is 5.91 Å². The van der Waals surface area contributed by atoms with Gasteiger partial charge in [0.25, 0.3) is 0 Å². The van der Waals surface area contributed by atoms with Gasteiger partial charge in [0, 0.05) is 6.42 Å². The van der Waals surface area contributed by atoms with Gasteiger partial charge >= 0.3 is 5.97 Å². The second kappa shape index (κ2) is 45.4. The van der Waals surface area contributed by atoms with Crippen LogP contribution in [0.25, 0.3) is 0 Å². The maximum Gasteiger partial charge on any atom is 0.306 e. The van der Waals surface area contributed by atoms with Crippen molar-refractivity contribution in [3.05, 3.63) is 72.9 Å². The lowest BCUT2D eigenvalue weighted by molar-refractivity contribution is -0.148. The third-order valence-corrected chi connectivity index (χ3v) is 10.5. The van der Waals surface area contributed by atoms with E-state index in [-0.39, 0.29) is 24.9 Å². The average molecular weight is 810 g/mol. The number of nitrogens with one attached hydrogen (secondary N) is 1. The highest BCUT2D eigenvalue weighted by molar-refractivity contribution is 5.78. The molecule has 0 spiro atoms. The van der Waals surface area contributed by atoms with Crippen molar-refractivity contribution >= 4 is 11.9 Å². The molecule has 0 bridgehead atoms. The lowest BCUT2D eigenvalue weighted by Crippen LogP contribution is -2.46. The molecular weight excluding hydrogens is 719 g/mol. The van der Waals surface area contributed by atoms with E-state index in [0.29, 0.717) is 19.3 Å². The molecule has 0 saturated carbocycles. The minimum absolute atomic E-state index is 0.0479. The molecule has 0 saturated heterocycles. The first-order chi connectivity index (χ1) is 28.5. The first-order valence-corrected chi connectivity index (χ1v) is 24.2. The summed E-state index contributed by atoms with van der Waals surface area (Å²) < 4.78 is 5.80. The van der Waals surface area contributed by atoms with Crippen LogP contribution in [0.2, 0.25) is 0 Å². The largest absolute Gasteiger partial charge is 0.458 e. The number of unbranched alkanes of at least 4 members (excludes halogenated alkanes) is 20. The summed E-state index contributed by atoms with van der Waals surface area (Å²) in [5, 5.41) is 23.6. The van der Waals surface area contributed by atoms with Gasteiger partial charge in [-0.05, 0) is 57.4 Å². The van der Waals surface area contributed by atoms with Crippen molar-refractivity contribution in [2.45, 2.75) is 238 Å². The molecule has 0 rings (SSSR count). The predicted molar refractivity (Wildman–Crippen MR) is 250 cm³/mol. The fourth-order valence-corrected chi connectivity index (χ4v) is 6.90. The van der Waals surface area contributed by atoms with Gasteiger partial charge < -0.3 is 20.3 Å². The zero-order valence-electron chi connectivity index (χ0n) is 37.9. The molecule has 0 aliphatic rings. The molecule has 6 heteroatoms. The molecule has 58 heavy (non-hydrogen) atoms. The quantitative estimate of drug-likeness (QED) is 0.0324. The molecule has 0 aromatic carbocycles. The molecule has 0 aliphatic heterocycles. The Labute approximate surface area is 358 Å². The summed E-state index contributed by atoms with van der Waals surface area (Å²) in [4.78, 5) is 26.0. The summed E-state index contributed by atoms with van der Waals surface area (Å²) in [7, 11) is 0. The van der Waals surface area contributed by atoms with E-state index in [1.54, 1.807) is 6.08 Å². The number of amides is 1. The fraction of sp³-hybridized carbons (Fsp3) is 0.731. The van der Waals surface area contributed by atoms with Gasteiger partial charge in [-0.1, -0.05) is 222 Å². The molecule has 3 N–H and O–H groups in total. The molecule has 0 radical (unpaired) electrons. The summed E-state index contributed by atoms with van der Waals surface area (Å²) in [6, 6.07) is -0.742. The van der Waals surface area contributed by atoms with E-state index in [9.17, 15) is 19.8 Å². The number of hydrogen-bond acceptors (Lipinski definition) is 5. The monoisotopic (exact) mass is 810 g/mol. The molecule has 334 valence electrons. The SMILES string of the molecule is CC/C=C\C/C=C\C/C=C\C/C=C\C/C=C\C/C=C\C(CC(=O)NC(CO)C(O)CCCCCCCCCCCCCC)OC(=O)CCCCCCCCCCCC. The molecule has 3 atom stereocenters. The second-order valence-corrected chi connectivity index (χ2v) is 16.1. The Bertz CT molecular complexity index is 1090. The minimum Gasteiger partial charge on any atom is -0.458 e. The Hall–Kier alpha value is -2.70. The zero-order valence-corrected chi connectivity index (χ0v) is 37.9. The van der Waals surface area contributed by atoms with Gasteiger partial charge in [-0.15, -0.1) is 0 Å². The van der Waals surface area contributed by atoms with E-state index in [0.717, 1.165) is 70.6 Å². The van der Waals surface area contributed by atoms with Crippen LogP contribution in [0.1, 0.15) is 220 Å². The van der Waals surface area contributed by atoms with E-state index in [2.05, 4.69) is 86.8 Å². The van der Waals surface area contributed by atoms with Crippen LogP contribution >= 0.6 is 0 Å². The van der Waals surface area contributed by atoms with Gasteiger partial charge in [-0.3, -0.25) is 9.59 Å². The number of carbonyl (C=O) groups is 2. The van der Waals surface area contributed by atoms with Crippen molar-refractivity contribution in [2.75, 3.05) is 6.61 Å². The molecule has 0 fully saturated rings. The summed E-state index contributed by atoms with van der Waals surface area (Å²) in [6.07, 6.45) is 57.0. The smallest absolute Gasteiger partial charge is 0.306 e. The van der Waals surface area contributed by atoms with Crippen LogP contribution in [0.15, 0.2) is 72.9 Å². The Morgan fingerprint density at radius 3 is 1.31 bits per heavy atom. The Balaban J connectivity index is 4.78. The molecular formula is C52H91NO5. The molecule has 3 unspecified atom stereocenters. The third-order valence-electron chi connectivity index (χ3n) is 10.5. The fourth-order valence-electron chi connectivity index (χ4n) is 6.90. The van der Waals surface area contributed by atoms with Crippen LogP contribution in [0.4, 0.5) is 0 Å². The minimum atomic E-state index is -0.819. The van der Waals surface area contributed by atoms with Crippen LogP contribution in [-0.4, -0.2) is 46.9 Å². The van der Waals surface area contributed by atoms with Crippen LogP contribution in [-0.2, 0) is 14.3 Å². The first kappa shape index (κ1) is 55.3. The lowest BCUT2D eigenvalue weighted by atomic mass is 10.0. The van der Waals surface area contributed by atoms with Gasteiger partial charge in [0.15, 0.2) is 0 Å². The van der Waals surface area contributed by atoms with Crippen molar-refractivity contribution in [1.82, 2.24) is 5.32 Å². The number of allylic oxidation sites excluding steroid dienone is 11. The summed E-state index contributed by atoms with van der Waals surface area (Å²) in [6.45, 7) is 6.30. The lowest BCUT2D eigenvalue weighted by Gasteiger charge is -2.23. The molecule has 0 aromatic heterocycles. The number of aliphatic hydroxyl groups is 2. The predicted octanol–water partition coefficient (Wildman–Crippen LogP) is 14.2. The summed E-state index contributed by atoms with van der Waals surface area (Å²) >= 11 is 0. The van der Waals surface area contributed by atoms with Crippen molar-refractivity contribution in [3.63, 3.8) is 0 Å². The number of esters is 1. The number of ether oxygens (including phenoxy) is 1. The Morgan fingerprint density at radius 1 is 0.517 bits per heavy atom. The van der Waals surface area contributed by atoms with Crippen molar-refractivity contribution in [2.24, 2.45) is 0 Å². The van der Waals surface area contributed by atoms with Crippen LogP contribution in [0.5, 0.6) is 0 Å². The van der Waals surface area contributed by atoms with Gasteiger partial charge in [-0.2, -0.15) is 0 Å². The molecule has 1 amide bonds. The summed E-state index contributed by atoms with van der Waals surface area (Å²) in [5.74, 6) is -0.633. The standard InChI is InChI=1S/C52H91NO5/c1-4-7-10-13-16-19-22-24-25-26-27-28-29-31-34-37-40-43-48(58-52(57)45-42-39-36-33-21-18-15-12-9-6-3)46-51(56)53-49(47-54)50(55)44-41-38-35-32-30-23-20-17-14-11-8-5-2/h7,10,16,19,24-25,27-28,31,34,40,43,48-50,54-55H,4-6,8-9,11-15,17-18,20-23,26,29-30,32-33,35-39,41-42,44-47H2,1-3H3,(H,53,56)/b10-7-,19-16-,25-24-,28-27-,34-31-,43-40-. The average Bonchev–Trinajstić information content (AvgIpc) is 3.22. The van der Waals surface area contributed by atoms with Gasteiger partial charge in [0.1, 0.15) is 6.10 Å².